The first-order valence-electron chi connectivity index (χ1n) is 9.23. The average Bonchev–Trinajstić information content (AvgIpc) is 2.99. The Bertz CT molecular complexity index is 1050. The number of nitro groups is 1. The predicted octanol–water partition coefficient (Wildman–Crippen LogP) is 3.57. The minimum absolute atomic E-state index is 0.0605. The fourth-order valence-electron chi connectivity index (χ4n) is 3.07. The van der Waals surface area contributed by atoms with E-state index in [1.807, 2.05) is 6.92 Å². The Labute approximate surface area is 179 Å². The highest BCUT2D eigenvalue weighted by Crippen LogP contribution is 2.30. The molecular formula is C21H21N3O5S. The number of benzene rings is 2. The Kier molecular flexibility index (Phi) is 6.31. The number of thiocarbonyl (C=S) groups is 1. The van der Waals surface area contributed by atoms with E-state index in [9.17, 15) is 14.9 Å². The van der Waals surface area contributed by atoms with E-state index < -0.39 is 4.92 Å². The third-order valence-corrected chi connectivity index (χ3v) is 4.91. The lowest BCUT2D eigenvalue weighted by atomic mass is 10.1. The molecule has 9 heteroatoms. The van der Waals surface area contributed by atoms with Crippen molar-refractivity contribution >= 4 is 35.0 Å². The van der Waals surface area contributed by atoms with E-state index >= 15 is 0 Å². The molecule has 1 N–H and O–H groups in total. The molecule has 1 heterocycles. The van der Waals surface area contributed by atoms with Crippen LogP contribution in [0.4, 0.5) is 5.69 Å². The van der Waals surface area contributed by atoms with Crippen LogP contribution in [0.15, 0.2) is 42.1 Å². The largest absolute Gasteiger partial charge is 0.496 e. The minimum atomic E-state index is -0.472. The topological polar surface area (TPSA) is 93.9 Å². The summed E-state index contributed by atoms with van der Waals surface area (Å²) in [6.45, 7) is 4.17. The molecule has 0 radical (unpaired) electrons. The van der Waals surface area contributed by atoms with Crippen molar-refractivity contribution in [3.05, 3.63) is 68.9 Å². The molecule has 2 aromatic carbocycles. The number of hydrogen-bond acceptors (Lipinski definition) is 6. The van der Waals surface area contributed by atoms with E-state index in [0.717, 1.165) is 11.1 Å². The van der Waals surface area contributed by atoms with Gasteiger partial charge in [0.25, 0.3) is 5.91 Å². The van der Waals surface area contributed by atoms with Gasteiger partial charge in [-0.05, 0) is 61.5 Å². The first-order valence-corrected chi connectivity index (χ1v) is 9.64. The summed E-state index contributed by atoms with van der Waals surface area (Å²) in [7, 11) is 1.53. The van der Waals surface area contributed by atoms with Gasteiger partial charge in [0.15, 0.2) is 10.9 Å². The number of likely N-dealkylation sites (N-methyl/N-ethyl adjacent to an activating group) is 1. The van der Waals surface area contributed by atoms with Crippen LogP contribution in [0.2, 0.25) is 0 Å². The van der Waals surface area contributed by atoms with E-state index in [2.05, 4.69) is 5.32 Å². The van der Waals surface area contributed by atoms with Gasteiger partial charge in [-0.1, -0.05) is 12.1 Å². The summed E-state index contributed by atoms with van der Waals surface area (Å²) < 4.78 is 11.1. The van der Waals surface area contributed by atoms with Gasteiger partial charge in [-0.15, -0.1) is 0 Å². The average molecular weight is 427 g/mol. The molecular weight excluding hydrogens is 406 g/mol. The number of nitrogens with zero attached hydrogens (tertiary/aromatic N) is 2. The summed E-state index contributed by atoms with van der Waals surface area (Å²) in [5.74, 6) is 0.558. The molecule has 30 heavy (non-hydrogen) atoms. The standard InChI is InChI=1S/C21H21N3O5S/c1-4-23-20(25)16(22-21(23)30)11-14-6-8-18(28-3)15(10-14)12-29-19-7-5-13(2)9-17(19)24(26)27/h5-11H,4,12H2,1-3H3,(H,22,30)/b16-11+. The molecule has 156 valence electrons. The molecule has 0 unspecified atom stereocenters. The van der Waals surface area contributed by atoms with Gasteiger partial charge in [0.1, 0.15) is 18.1 Å². The lowest BCUT2D eigenvalue weighted by Gasteiger charge is -2.12. The molecule has 1 aliphatic heterocycles. The van der Waals surface area contributed by atoms with Crippen LogP contribution in [0.1, 0.15) is 23.6 Å². The fourth-order valence-corrected chi connectivity index (χ4v) is 3.40. The lowest BCUT2D eigenvalue weighted by molar-refractivity contribution is -0.386. The highest BCUT2D eigenvalue weighted by atomic mass is 32.1. The maximum Gasteiger partial charge on any atom is 0.311 e. The van der Waals surface area contributed by atoms with Crippen molar-refractivity contribution in [2.75, 3.05) is 13.7 Å². The maximum absolute atomic E-state index is 12.4. The van der Waals surface area contributed by atoms with Crippen LogP contribution in [0.3, 0.4) is 0 Å². The van der Waals surface area contributed by atoms with Crippen LogP contribution < -0.4 is 14.8 Å². The minimum Gasteiger partial charge on any atom is -0.496 e. The van der Waals surface area contributed by atoms with Crippen molar-refractivity contribution < 1.29 is 19.2 Å². The molecule has 0 bridgehead atoms. The van der Waals surface area contributed by atoms with Crippen molar-refractivity contribution in [3.8, 4) is 11.5 Å². The maximum atomic E-state index is 12.4. The number of ether oxygens (including phenoxy) is 2. The number of aryl methyl sites for hydroxylation is 1. The second-order valence-corrected chi connectivity index (χ2v) is 7.01. The third-order valence-electron chi connectivity index (χ3n) is 4.59. The van der Waals surface area contributed by atoms with Gasteiger partial charge in [-0.3, -0.25) is 19.8 Å². The Balaban J connectivity index is 1.86. The second kappa shape index (κ2) is 8.91. The van der Waals surface area contributed by atoms with Crippen LogP contribution in [0.25, 0.3) is 6.08 Å². The number of carbonyl (C=O) groups excluding carboxylic acids is 1. The van der Waals surface area contributed by atoms with Gasteiger partial charge < -0.3 is 14.8 Å². The third kappa shape index (κ3) is 4.41. The zero-order chi connectivity index (χ0) is 21.8. The van der Waals surface area contributed by atoms with Gasteiger partial charge >= 0.3 is 5.69 Å². The van der Waals surface area contributed by atoms with Gasteiger partial charge in [-0.25, -0.2) is 0 Å². The molecule has 0 saturated carbocycles. The van der Waals surface area contributed by atoms with Gasteiger partial charge in [0.2, 0.25) is 0 Å². The van der Waals surface area contributed by atoms with Crippen molar-refractivity contribution in [3.63, 3.8) is 0 Å². The van der Waals surface area contributed by atoms with Gasteiger partial charge in [-0.2, -0.15) is 0 Å². The number of methoxy groups -OCH3 is 1. The molecule has 0 aliphatic carbocycles. The molecule has 1 saturated heterocycles. The van der Waals surface area contributed by atoms with Gasteiger partial charge in [0, 0.05) is 18.2 Å². The van der Waals surface area contributed by atoms with Crippen LogP contribution >= 0.6 is 12.2 Å². The molecule has 1 amide bonds. The number of hydrogen-bond donors (Lipinski definition) is 1. The lowest BCUT2D eigenvalue weighted by Crippen LogP contribution is -2.30. The normalized spacial score (nSPS) is 14.8. The SMILES string of the molecule is CCN1C(=O)/C(=C\c2ccc(OC)c(COc3ccc(C)cc3[N+](=O)[O-])c2)NC1=S. The highest BCUT2D eigenvalue weighted by Gasteiger charge is 2.29. The first kappa shape index (κ1) is 21.3. The Morgan fingerprint density at radius 3 is 2.60 bits per heavy atom. The number of nitrogens with one attached hydrogen (secondary N) is 1. The predicted molar refractivity (Wildman–Crippen MR) is 116 cm³/mol. The van der Waals surface area contributed by atoms with Gasteiger partial charge in [0.05, 0.1) is 12.0 Å². The molecule has 1 aliphatic rings. The molecule has 2 aromatic rings. The van der Waals surface area contributed by atoms with Crippen LogP contribution in [0, 0.1) is 17.0 Å². The second-order valence-electron chi connectivity index (χ2n) is 6.63. The summed E-state index contributed by atoms with van der Waals surface area (Å²) in [6.07, 6.45) is 1.70. The number of nitro benzene ring substituents is 1. The quantitative estimate of drug-likeness (QED) is 0.312. The summed E-state index contributed by atoms with van der Waals surface area (Å²) in [4.78, 5) is 24.7. The van der Waals surface area contributed by atoms with E-state index in [1.165, 1.54) is 18.1 Å². The van der Waals surface area contributed by atoms with Crippen molar-refractivity contribution in [2.45, 2.75) is 20.5 Å². The zero-order valence-electron chi connectivity index (χ0n) is 16.8. The molecule has 3 rings (SSSR count). The van der Waals surface area contributed by atoms with E-state index in [1.54, 1.807) is 43.3 Å². The highest BCUT2D eigenvalue weighted by molar-refractivity contribution is 7.80. The molecule has 0 spiro atoms. The van der Waals surface area contributed by atoms with E-state index in [4.69, 9.17) is 21.7 Å². The van der Waals surface area contributed by atoms with Crippen LogP contribution in [-0.2, 0) is 11.4 Å². The zero-order valence-corrected chi connectivity index (χ0v) is 17.6. The van der Waals surface area contributed by atoms with E-state index in [0.29, 0.717) is 28.7 Å². The monoisotopic (exact) mass is 427 g/mol. The van der Waals surface area contributed by atoms with E-state index in [-0.39, 0.29) is 24.0 Å². The smallest absolute Gasteiger partial charge is 0.311 e. The summed E-state index contributed by atoms with van der Waals surface area (Å²) >= 11 is 5.17. The van der Waals surface area contributed by atoms with Crippen molar-refractivity contribution in [1.29, 1.82) is 0 Å². The fraction of sp³-hybridized carbons (Fsp3) is 0.238. The molecule has 0 aromatic heterocycles. The summed E-state index contributed by atoms with van der Waals surface area (Å²) in [6, 6.07) is 10.2. The number of carbonyl (C=O) groups is 1. The molecule has 1 fully saturated rings. The number of amides is 1. The van der Waals surface area contributed by atoms with Crippen LogP contribution in [-0.4, -0.2) is 34.5 Å². The number of rotatable bonds is 7. The van der Waals surface area contributed by atoms with Crippen molar-refractivity contribution in [1.82, 2.24) is 10.2 Å². The van der Waals surface area contributed by atoms with Crippen LogP contribution in [0.5, 0.6) is 11.5 Å². The summed E-state index contributed by atoms with van der Waals surface area (Å²) in [5.41, 5.74) is 2.48. The first-order chi connectivity index (χ1) is 14.3. The Morgan fingerprint density at radius 2 is 1.97 bits per heavy atom. The molecule has 0 atom stereocenters. The van der Waals surface area contributed by atoms with Crippen molar-refractivity contribution in [2.24, 2.45) is 0 Å². The molecule has 8 nitrogen and oxygen atoms in total. The Morgan fingerprint density at radius 1 is 1.23 bits per heavy atom. The summed E-state index contributed by atoms with van der Waals surface area (Å²) in [5, 5.41) is 14.6. The Hall–Kier alpha value is -3.46.